The Morgan fingerprint density at radius 3 is 2.37 bits per heavy atom. The molecule has 3 nitrogen and oxygen atoms in total. The molecule has 0 spiro atoms. The Bertz CT molecular complexity index is 235. The molecule has 0 heterocycles. The Hall–Kier alpha value is -0.120. The summed E-state index contributed by atoms with van der Waals surface area (Å²) >= 11 is 0. The fraction of sp³-hybridized carbons (Fsp3) is 1.00. The van der Waals surface area contributed by atoms with Crippen LogP contribution < -0.4 is 5.32 Å². The summed E-state index contributed by atoms with van der Waals surface area (Å²) in [7, 11) is 0. The Kier molecular flexibility index (Phi) is 6.62. The summed E-state index contributed by atoms with van der Waals surface area (Å²) in [5, 5.41) is 13.5. The quantitative estimate of drug-likeness (QED) is 0.747. The molecule has 2 rings (SSSR count). The first-order valence-electron chi connectivity index (χ1n) is 8.28. The lowest BCUT2D eigenvalue weighted by Crippen LogP contribution is -2.39. The van der Waals surface area contributed by atoms with Crippen molar-refractivity contribution in [2.24, 2.45) is 5.92 Å². The second-order valence-corrected chi connectivity index (χ2v) is 6.49. The number of hydrogen-bond acceptors (Lipinski definition) is 3. The number of nitrogens with one attached hydrogen (secondary N) is 1. The third-order valence-electron chi connectivity index (χ3n) is 4.86. The van der Waals surface area contributed by atoms with E-state index in [9.17, 15) is 5.11 Å². The molecule has 2 saturated carbocycles. The molecule has 112 valence electrons. The number of aliphatic hydroxyl groups is 1. The number of hydrogen-bond donors (Lipinski definition) is 2. The highest BCUT2D eigenvalue weighted by molar-refractivity contribution is 4.78. The van der Waals surface area contributed by atoms with Crippen molar-refractivity contribution in [3.8, 4) is 0 Å². The highest BCUT2D eigenvalue weighted by atomic mass is 16.5. The SMILES string of the molecule is C[C@@H](NCC(O)COC1CCCCC1)C1CCCC1. The molecule has 0 bridgehead atoms. The minimum absolute atomic E-state index is 0.356. The zero-order chi connectivity index (χ0) is 13.5. The molecule has 2 fully saturated rings. The summed E-state index contributed by atoms with van der Waals surface area (Å²) in [6.45, 7) is 3.42. The third kappa shape index (κ3) is 5.41. The normalized spacial score (nSPS) is 25.6. The molecule has 0 saturated heterocycles. The van der Waals surface area contributed by atoms with Crippen molar-refractivity contribution in [2.45, 2.75) is 83.0 Å². The van der Waals surface area contributed by atoms with Gasteiger partial charge in [0.15, 0.2) is 0 Å². The summed E-state index contributed by atoms with van der Waals surface area (Å²) in [5.74, 6) is 0.812. The van der Waals surface area contributed by atoms with Gasteiger partial charge in [0.2, 0.25) is 0 Å². The van der Waals surface area contributed by atoms with Crippen LogP contribution in [0.5, 0.6) is 0 Å². The second kappa shape index (κ2) is 8.23. The van der Waals surface area contributed by atoms with Gasteiger partial charge in [0, 0.05) is 12.6 Å². The van der Waals surface area contributed by atoms with Gasteiger partial charge in [0.05, 0.1) is 18.8 Å². The lowest BCUT2D eigenvalue weighted by Gasteiger charge is -2.25. The fourth-order valence-corrected chi connectivity index (χ4v) is 3.48. The minimum atomic E-state index is -0.356. The van der Waals surface area contributed by atoms with Crippen LogP contribution in [0.4, 0.5) is 0 Å². The molecule has 3 heteroatoms. The Balaban J connectivity index is 1.54. The van der Waals surface area contributed by atoms with E-state index in [0.29, 0.717) is 25.3 Å². The van der Waals surface area contributed by atoms with Crippen molar-refractivity contribution < 1.29 is 9.84 Å². The van der Waals surface area contributed by atoms with Gasteiger partial charge < -0.3 is 15.2 Å². The molecule has 0 aromatic carbocycles. The van der Waals surface area contributed by atoms with Crippen LogP contribution in [0.25, 0.3) is 0 Å². The largest absolute Gasteiger partial charge is 0.389 e. The van der Waals surface area contributed by atoms with Crippen LogP contribution in [0.1, 0.15) is 64.7 Å². The van der Waals surface area contributed by atoms with Crippen LogP contribution in [-0.4, -0.2) is 36.5 Å². The summed E-state index contributed by atoms with van der Waals surface area (Å²) in [5.41, 5.74) is 0. The van der Waals surface area contributed by atoms with Gasteiger partial charge in [-0.2, -0.15) is 0 Å². The first kappa shape index (κ1) is 15.3. The van der Waals surface area contributed by atoms with Gasteiger partial charge in [-0.1, -0.05) is 32.1 Å². The first-order valence-corrected chi connectivity index (χ1v) is 8.28. The van der Waals surface area contributed by atoms with Gasteiger partial charge in [-0.25, -0.2) is 0 Å². The first-order chi connectivity index (χ1) is 9.25. The van der Waals surface area contributed by atoms with E-state index in [1.54, 1.807) is 0 Å². The fourth-order valence-electron chi connectivity index (χ4n) is 3.48. The van der Waals surface area contributed by atoms with Crippen molar-refractivity contribution in [3.05, 3.63) is 0 Å². The Labute approximate surface area is 118 Å². The van der Waals surface area contributed by atoms with Gasteiger partial charge in [-0.15, -0.1) is 0 Å². The predicted octanol–water partition coefficient (Wildman–Crippen LogP) is 2.86. The maximum Gasteiger partial charge on any atom is 0.0897 e. The molecule has 1 unspecified atom stereocenters. The molecule has 0 aromatic heterocycles. The predicted molar refractivity (Wildman–Crippen MR) is 78.3 cm³/mol. The smallest absolute Gasteiger partial charge is 0.0897 e. The van der Waals surface area contributed by atoms with E-state index in [1.807, 2.05) is 0 Å². The highest BCUT2D eigenvalue weighted by Gasteiger charge is 2.22. The van der Waals surface area contributed by atoms with E-state index in [2.05, 4.69) is 12.2 Å². The molecule has 0 aromatic rings. The third-order valence-corrected chi connectivity index (χ3v) is 4.86. The average molecular weight is 269 g/mol. The topological polar surface area (TPSA) is 41.5 Å². The molecular weight excluding hydrogens is 238 g/mol. The van der Waals surface area contributed by atoms with Crippen LogP contribution in [-0.2, 0) is 4.74 Å². The number of ether oxygens (including phenoxy) is 1. The van der Waals surface area contributed by atoms with E-state index in [4.69, 9.17) is 4.74 Å². The van der Waals surface area contributed by atoms with Crippen LogP contribution >= 0.6 is 0 Å². The molecule has 2 aliphatic rings. The van der Waals surface area contributed by atoms with Crippen LogP contribution in [0, 0.1) is 5.92 Å². The molecule has 0 radical (unpaired) electrons. The monoisotopic (exact) mass is 269 g/mol. The van der Waals surface area contributed by atoms with Crippen molar-refractivity contribution in [1.82, 2.24) is 5.32 Å². The van der Waals surface area contributed by atoms with Gasteiger partial charge in [-0.3, -0.25) is 0 Å². The molecule has 2 N–H and O–H groups in total. The van der Waals surface area contributed by atoms with Gasteiger partial charge >= 0.3 is 0 Å². The lowest BCUT2D eigenvalue weighted by atomic mass is 9.98. The molecule has 2 aliphatic carbocycles. The second-order valence-electron chi connectivity index (χ2n) is 6.49. The summed E-state index contributed by atoms with van der Waals surface area (Å²) < 4.78 is 5.81. The number of rotatable bonds is 7. The van der Waals surface area contributed by atoms with E-state index in [1.165, 1.54) is 57.8 Å². The summed E-state index contributed by atoms with van der Waals surface area (Å²) in [6, 6.07) is 0.534. The molecule has 0 aliphatic heterocycles. The Morgan fingerprint density at radius 2 is 1.68 bits per heavy atom. The van der Waals surface area contributed by atoms with Crippen molar-refractivity contribution >= 4 is 0 Å². The van der Waals surface area contributed by atoms with Crippen molar-refractivity contribution in [3.63, 3.8) is 0 Å². The van der Waals surface area contributed by atoms with Crippen molar-refractivity contribution in [1.29, 1.82) is 0 Å². The summed E-state index contributed by atoms with van der Waals surface area (Å²) in [4.78, 5) is 0. The van der Waals surface area contributed by atoms with E-state index in [0.717, 1.165) is 5.92 Å². The van der Waals surface area contributed by atoms with Gasteiger partial charge in [0.25, 0.3) is 0 Å². The molecule has 0 amide bonds. The Morgan fingerprint density at radius 1 is 1.05 bits per heavy atom. The molecule has 2 atom stereocenters. The van der Waals surface area contributed by atoms with Crippen LogP contribution in [0.2, 0.25) is 0 Å². The van der Waals surface area contributed by atoms with E-state index < -0.39 is 0 Å². The van der Waals surface area contributed by atoms with Gasteiger partial charge in [-0.05, 0) is 38.5 Å². The van der Waals surface area contributed by atoms with Crippen molar-refractivity contribution in [2.75, 3.05) is 13.2 Å². The maximum atomic E-state index is 9.98. The highest BCUT2D eigenvalue weighted by Crippen LogP contribution is 2.27. The minimum Gasteiger partial charge on any atom is -0.389 e. The van der Waals surface area contributed by atoms with Gasteiger partial charge in [0.1, 0.15) is 0 Å². The average Bonchev–Trinajstić information content (AvgIpc) is 2.98. The van der Waals surface area contributed by atoms with E-state index in [-0.39, 0.29) is 6.10 Å². The van der Waals surface area contributed by atoms with Crippen LogP contribution in [0.15, 0.2) is 0 Å². The lowest BCUT2D eigenvalue weighted by molar-refractivity contribution is -0.0238. The maximum absolute atomic E-state index is 9.98. The zero-order valence-corrected chi connectivity index (χ0v) is 12.4. The standard InChI is InChI=1S/C16H31NO2/c1-13(14-7-5-6-8-14)17-11-15(18)12-19-16-9-3-2-4-10-16/h13-18H,2-12H2,1H3/t13-,15?/m1/s1. The molecule has 19 heavy (non-hydrogen) atoms. The van der Waals surface area contributed by atoms with E-state index >= 15 is 0 Å². The zero-order valence-electron chi connectivity index (χ0n) is 12.4. The summed E-state index contributed by atoms with van der Waals surface area (Å²) in [6.07, 6.45) is 11.8. The van der Waals surface area contributed by atoms with Crippen LogP contribution in [0.3, 0.4) is 0 Å². The molecular formula is C16H31NO2. The number of aliphatic hydroxyl groups excluding tert-OH is 1.